The normalized spacial score (nSPS) is 11.3. The quantitative estimate of drug-likeness (QED) is 0.914. The molecule has 0 unspecified atom stereocenters. The fraction of sp³-hybridized carbons (Fsp3) is 0.438. The second-order valence-corrected chi connectivity index (χ2v) is 5.38. The van der Waals surface area contributed by atoms with Gasteiger partial charge in [-0.15, -0.1) is 0 Å². The molecule has 0 bridgehead atoms. The highest BCUT2D eigenvalue weighted by Gasteiger charge is 2.16. The zero-order chi connectivity index (χ0) is 14.0. The number of hydrogen-bond donors (Lipinski definition) is 1. The summed E-state index contributed by atoms with van der Waals surface area (Å²) in [7, 11) is 0. The first-order chi connectivity index (χ1) is 9.06. The molecule has 1 aromatic heterocycles. The summed E-state index contributed by atoms with van der Waals surface area (Å²) in [6, 6.07) is 6.36. The zero-order valence-corrected chi connectivity index (χ0v) is 12.3. The smallest absolute Gasteiger partial charge is 0.0680 e. The zero-order valence-electron chi connectivity index (χ0n) is 12.3. The molecule has 2 aromatic rings. The van der Waals surface area contributed by atoms with Gasteiger partial charge >= 0.3 is 0 Å². The molecule has 0 saturated heterocycles. The van der Waals surface area contributed by atoms with Gasteiger partial charge in [0.05, 0.1) is 17.6 Å². The first-order valence-electron chi connectivity index (χ1n) is 6.89. The molecule has 0 aliphatic carbocycles. The van der Waals surface area contributed by atoms with Crippen LogP contribution < -0.4 is 5.73 Å². The summed E-state index contributed by atoms with van der Waals surface area (Å²) in [5.74, 6) is 0.434. The van der Waals surface area contributed by atoms with Crippen LogP contribution in [-0.2, 0) is 6.42 Å². The van der Waals surface area contributed by atoms with E-state index in [-0.39, 0.29) is 0 Å². The third-order valence-corrected chi connectivity index (χ3v) is 3.65. The van der Waals surface area contributed by atoms with Gasteiger partial charge in [0.2, 0.25) is 0 Å². The summed E-state index contributed by atoms with van der Waals surface area (Å²) in [6.07, 6.45) is 2.85. The number of rotatable bonds is 4. The number of benzene rings is 1. The van der Waals surface area contributed by atoms with E-state index in [9.17, 15) is 0 Å². The predicted molar refractivity (Wildman–Crippen MR) is 79.9 cm³/mol. The van der Waals surface area contributed by atoms with Crippen molar-refractivity contribution in [2.24, 2.45) is 5.73 Å². The van der Waals surface area contributed by atoms with Crippen LogP contribution in [0.1, 0.15) is 42.1 Å². The van der Waals surface area contributed by atoms with Crippen molar-refractivity contribution in [3.8, 4) is 5.69 Å². The first-order valence-corrected chi connectivity index (χ1v) is 6.89. The Balaban J connectivity index is 2.59. The van der Waals surface area contributed by atoms with Gasteiger partial charge in [-0.25, -0.2) is 4.68 Å². The molecule has 1 heterocycles. The minimum atomic E-state index is 0.434. The van der Waals surface area contributed by atoms with Crippen molar-refractivity contribution in [3.63, 3.8) is 0 Å². The number of hydrogen-bond acceptors (Lipinski definition) is 2. The van der Waals surface area contributed by atoms with Gasteiger partial charge in [0, 0.05) is 0 Å². The van der Waals surface area contributed by atoms with Crippen LogP contribution in [0.3, 0.4) is 0 Å². The Hall–Kier alpha value is -1.61. The average Bonchev–Trinajstić information content (AvgIpc) is 2.77. The molecule has 0 saturated carbocycles. The number of nitrogens with zero attached hydrogens (tertiary/aromatic N) is 2. The van der Waals surface area contributed by atoms with Gasteiger partial charge in [-0.05, 0) is 55.5 Å². The monoisotopic (exact) mass is 257 g/mol. The lowest BCUT2D eigenvalue weighted by molar-refractivity contribution is 0.721. The second-order valence-electron chi connectivity index (χ2n) is 5.38. The van der Waals surface area contributed by atoms with Crippen molar-refractivity contribution in [2.45, 2.75) is 40.0 Å². The first kappa shape index (κ1) is 13.8. The maximum Gasteiger partial charge on any atom is 0.0680 e. The van der Waals surface area contributed by atoms with Crippen LogP contribution in [0.2, 0.25) is 0 Å². The Morgan fingerprint density at radius 2 is 2.00 bits per heavy atom. The Morgan fingerprint density at radius 3 is 2.63 bits per heavy atom. The van der Waals surface area contributed by atoms with Crippen molar-refractivity contribution in [1.82, 2.24) is 9.78 Å². The molecule has 0 atom stereocenters. The molecule has 102 valence electrons. The van der Waals surface area contributed by atoms with Crippen LogP contribution in [0.25, 0.3) is 5.69 Å². The summed E-state index contributed by atoms with van der Waals surface area (Å²) >= 11 is 0. The Bertz CT molecular complexity index is 567. The highest BCUT2D eigenvalue weighted by Crippen LogP contribution is 2.25. The fourth-order valence-electron chi connectivity index (χ4n) is 2.51. The van der Waals surface area contributed by atoms with Crippen LogP contribution in [0, 0.1) is 13.8 Å². The van der Waals surface area contributed by atoms with Gasteiger partial charge in [0.15, 0.2) is 0 Å². The standard InChI is InChI=1S/C16H23N3/c1-11(2)16-14(8-9-17)10-18-19(16)15-7-5-6-12(3)13(15)4/h5-7,10-11H,8-9,17H2,1-4H3. The van der Waals surface area contributed by atoms with Gasteiger partial charge in [0.25, 0.3) is 0 Å². The third kappa shape index (κ3) is 2.56. The van der Waals surface area contributed by atoms with Crippen molar-refractivity contribution >= 4 is 0 Å². The SMILES string of the molecule is Cc1cccc(-n2ncc(CCN)c2C(C)C)c1C. The van der Waals surface area contributed by atoms with E-state index in [0.717, 1.165) is 6.42 Å². The Kier molecular flexibility index (Phi) is 4.05. The minimum absolute atomic E-state index is 0.434. The highest BCUT2D eigenvalue weighted by molar-refractivity contribution is 5.46. The topological polar surface area (TPSA) is 43.8 Å². The molecule has 0 aliphatic rings. The van der Waals surface area contributed by atoms with E-state index in [0.29, 0.717) is 12.5 Å². The fourth-order valence-corrected chi connectivity index (χ4v) is 2.51. The van der Waals surface area contributed by atoms with E-state index in [1.165, 1.54) is 28.1 Å². The molecule has 0 aliphatic heterocycles. The lowest BCUT2D eigenvalue weighted by atomic mass is 10.0. The van der Waals surface area contributed by atoms with E-state index >= 15 is 0 Å². The molecule has 0 spiro atoms. The van der Waals surface area contributed by atoms with Crippen molar-refractivity contribution in [3.05, 3.63) is 46.8 Å². The van der Waals surface area contributed by atoms with E-state index < -0.39 is 0 Å². The Morgan fingerprint density at radius 1 is 1.26 bits per heavy atom. The molecule has 2 rings (SSSR count). The molecule has 0 radical (unpaired) electrons. The van der Waals surface area contributed by atoms with Crippen LogP contribution in [-0.4, -0.2) is 16.3 Å². The molecule has 1 aromatic carbocycles. The van der Waals surface area contributed by atoms with E-state index in [1.54, 1.807) is 0 Å². The molecular formula is C16H23N3. The van der Waals surface area contributed by atoms with E-state index in [1.807, 2.05) is 6.20 Å². The third-order valence-electron chi connectivity index (χ3n) is 3.65. The minimum Gasteiger partial charge on any atom is -0.330 e. The predicted octanol–water partition coefficient (Wildman–Crippen LogP) is 3.11. The van der Waals surface area contributed by atoms with Gasteiger partial charge in [-0.2, -0.15) is 5.10 Å². The van der Waals surface area contributed by atoms with Crippen LogP contribution in [0.4, 0.5) is 0 Å². The molecular weight excluding hydrogens is 234 g/mol. The summed E-state index contributed by atoms with van der Waals surface area (Å²) in [5, 5.41) is 4.59. The molecule has 0 fully saturated rings. The maximum absolute atomic E-state index is 5.69. The summed E-state index contributed by atoms with van der Waals surface area (Å²) in [6.45, 7) is 9.37. The maximum atomic E-state index is 5.69. The molecule has 0 amide bonds. The second kappa shape index (κ2) is 5.57. The van der Waals surface area contributed by atoms with E-state index in [2.05, 4.69) is 55.7 Å². The van der Waals surface area contributed by atoms with Gasteiger partial charge in [0.1, 0.15) is 0 Å². The lowest BCUT2D eigenvalue weighted by Crippen LogP contribution is -2.10. The largest absolute Gasteiger partial charge is 0.330 e. The molecule has 2 N–H and O–H groups in total. The van der Waals surface area contributed by atoms with Crippen molar-refractivity contribution in [2.75, 3.05) is 6.54 Å². The van der Waals surface area contributed by atoms with Gasteiger partial charge in [-0.1, -0.05) is 26.0 Å². The summed E-state index contributed by atoms with van der Waals surface area (Å²) in [4.78, 5) is 0. The van der Waals surface area contributed by atoms with Crippen molar-refractivity contribution < 1.29 is 0 Å². The number of aryl methyl sites for hydroxylation is 1. The highest BCUT2D eigenvalue weighted by atomic mass is 15.3. The lowest BCUT2D eigenvalue weighted by Gasteiger charge is -2.15. The van der Waals surface area contributed by atoms with Gasteiger partial charge in [-0.3, -0.25) is 0 Å². The average molecular weight is 257 g/mol. The summed E-state index contributed by atoms with van der Waals surface area (Å²) < 4.78 is 2.08. The van der Waals surface area contributed by atoms with Gasteiger partial charge < -0.3 is 5.73 Å². The molecule has 3 heteroatoms. The van der Waals surface area contributed by atoms with Crippen molar-refractivity contribution in [1.29, 1.82) is 0 Å². The Labute approximate surface area is 115 Å². The number of aromatic nitrogens is 2. The molecule has 3 nitrogen and oxygen atoms in total. The van der Waals surface area contributed by atoms with Crippen LogP contribution in [0.5, 0.6) is 0 Å². The van der Waals surface area contributed by atoms with Crippen LogP contribution >= 0.6 is 0 Å². The van der Waals surface area contributed by atoms with E-state index in [4.69, 9.17) is 5.73 Å². The number of nitrogens with two attached hydrogens (primary N) is 1. The summed E-state index contributed by atoms with van der Waals surface area (Å²) in [5.41, 5.74) is 12.0. The van der Waals surface area contributed by atoms with Crippen LogP contribution in [0.15, 0.2) is 24.4 Å². The molecule has 19 heavy (non-hydrogen) atoms.